The van der Waals surface area contributed by atoms with E-state index in [2.05, 4.69) is 0 Å². The van der Waals surface area contributed by atoms with E-state index in [9.17, 15) is 8.42 Å². The summed E-state index contributed by atoms with van der Waals surface area (Å²) in [7, 11) is -3.22. The highest BCUT2D eigenvalue weighted by molar-refractivity contribution is 7.92. The van der Waals surface area contributed by atoms with Crippen LogP contribution < -0.4 is 0 Å². The molecule has 0 N–H and O–H groups in total. The lowest BCUT2D eigenvalue weighted by molar-refractivity contribution is 0.513. The van der Waals surface area contributed by atoms with Gasteiger partial charge in [0, 0.05) is 0 Å². The maximum absolute atomic E-state index is 12.6. The minimum absolute atomic E-state index is 0.00351. The average Bonchev–Trinajstić information content (AvgIpc) is 2.33. The Balaban J connectivity index is 2.32. The number of benzene rings is 1. The van der Waals surface area contributed by atoms with Crippen LogP contribution in [0, 0.1) is 5.92 Å². The molecule has 1 aliphatic carbocycles. The number of hydrogen-bond donors (Lipinski definition) is 0. The highest BCUT2D eigenvalue weighted by Gasteiger charge is 2.41. The zero-order chi connectivity index (χ0) is 13.2. The van der Waals surface area contributed by atoms with E-state index >= 15 is 0 Å². The molecule has 1 aromatic rings. The molecular weight excluding hydrogens is 244 g/mol. The second-order valence-electron chi connectivity index (χ2n) is 4.96. The lowest BCUT2D eigenvalue weighted by atomic mass is 9.91. The van der Waals surface area contributed by atoms with Crippen molar-refractivity contribution < 1.29 is 8.42 Å². The van der Waals surface area contributed by atoms with Crippen molar-refractivity contribution in [2.45, 2.75) is 24.3 Å². The van der Waals surface area contributed by atoms with Crippen LogP contribution >= 0.6 is 0 Å². The first kappa shape index (κ1) is 13.1. The van der Waals surface area contributed by atoms with Gasteiger partial charge >= 0.3 is 0 Å². The van der Waals surface area contributed by atoms with Gasteiger partial charge in [-0.1, -0.05) is 61.6 Å². The van der Waals surface area contributed by atoms with E-state index in [1.54, 1.807) is 13.0 Å². The van der Waals surface area contributed by atoms with Crippen LogP contribution in [0.15, 0.2) is 54.6 Å². The van der Waals surface area contributed by atoms with Crippen molar-refractivity contribution in [1.29, 1.82) is 0 Å². The van der Waals surface area contributed by atoms with E-state index in [0.717, 1.165) is 5.56 Å². The Morgan fingerprint density at radius 3 is 2.44 bits per heavy atom. The number of hydrogen-bond acceptors (Lipinski definition) is 2. The molecule has 2 atom stereocenters. The number of allylic oxidation sites excluding steroid dienone is 3. The molecule has 0 fully saturated rings. The van der Waals surface area contributed by atoms with Crippen LogP contribution in [-0.4, -0.2) is 13.2 Å². The van der Waals surface area contributed by atoms with Crippen molar-refractivity contribution in [3.05, 3.63) is 60.2 Å². The second-order valence-corrected chi connectivity index (χ2v) is 7.36. The summed E-state index contributed by atoms with van der Waals surface area (Å²) < 4.78 is 24.4. The molecule has 0 heterocycles. The smallest absolute Gasteiger partial charge is 0.163 e. The third kappa shape index (κ3) is 2.27. The summed E-state index contributed by atoms with van der Waals surface area (Å²) in [6.45, 7) is 3.75. The van der Waals surface area contributed by atoms with Gasteiger partial charge in [-0.15, -0.1) is 0 Å². The van der Waals surface area contributed by atoms with Gasteiger partial charge in [-0.2, -0.15) is 0 Å². The standard InChI is InChI=1S/C15H18O2S/c1-13-8-6-7-11-15(13,2)18(16,17)12-14-9-4-3-5-10-14/h3-11,13H,12H2,1-2H3. The van der Waals surface area contributed by atoms with Crippen LogP contribution in [-0.2, 0) is 15.6 Å². The van der Waals surface area contributed by atoms with Crippen molar-refractivity contribution in [1.82, 2.24) is 0 Å². The Morgan fingerprint density at radius 1 is 1.17 bits per heavy atom. The molecule has 0 bridgehead atoms. The molecule has 2 rings (SSSR count). The molecule has 2 unspecified atom stereocenters. The largest absolute Gasteiger partial charge is 0.228 e. The highest BCUT2D eigenvalue weighted by atomic mass is 32.2. The van der Waals surface area contributed by atoms with E-state index in [1.807, 2.05) is 55.5 Å². The van der Waals surface area contributed by atoms with Crippen LogP contribution in [0.1, 0.15) is 19.4 Å². The molecule has 0 saturated heterocycles. The van der Waals surface area contributed by atoms with E-state index in [-0.39, 0.29) is 11.7 Å². The topological polar surface area (TPSA) is 34.1 Å². The normalized spacial score (nSPS) is 27.3. The lowest BCUT2D eigenvalue weighted by Crippen LogP contribution is -2.40. The van der Waals surface area contributed by atoms with Gasteiger partial charge in [0.05, 0.1) is 10.5 Å². The van der Waals surface area contributed by atoms with Crippen LogP contribution in [0.2, 0.25) is 0 Å². The third-order valence-corrected chi connectivity index (χ3v) is 6.27. The predicted molar refractivity (Wildman–Crippen MR) is 74.9 cm³/mol. The van der Waals surface area contributed by atoms with Gasteiger partial charge in [-0.25, -0.2) is 8.42 Å². The SMILES string of the molecule is CC1C=CC=CC1(C)S(=O)(=O)Cc1ccccc1. The molecule has 0 spiro atoms. The highest BCUT2D eigenvalue weighted by Crippen LogP contribution is 2.34. The van der Waals surface area contributed by atoms with Gasteiger partial charge in [0.2, 0.25) is 0 Å². The molecule has 96 valence electrons. The third-order valence-electron chi connectivity index (χ3n) is 3.71. The Hall–Kier alpha value is -1.35. The molecule has 0 aliphatic heterocycles. The van der Waals surface area contributed by atoms with E-state index in [1.165, 1.54) is 0 Å². The molecule has 0 saturated carbocycles. The van der Waals surface area contributed by atoms with Crippen molar-refractivity contribution in [3.8, 4) is 0 Å². The maximum atomic E-state index is 12.6. The molecule has 18 heavy (non-hydrogen) atoms. The summed E-state index contributed by atoms with van der Waals surface area (Å²) in [6.07, 6.45) is 7.48. The Labute approximate surface area is 109 Å². The summed E-state index contributed by atoms with van der Waals surface area (Å²) in [6, 6.07) is 9.34. The van der Waals surface area contributed by atoms with Crippen LogP contribution in [0.25, 0.3) is 0 Å². The van der Waals surface area contributed by atoms with Gasteiger partial charge in [0.15, 0.2) is 9.84 Å². The molecular formula is C15H18O2S. The van der Waals surface area contributed by atoms with Crippen molar-refractivity contribution >= 4 is 9.84 Å². The number of sulfone groups is 1. The molecule has 0 aromatic heterocycles. The maximum Gasteiger partial charge on any atom is 0.163 e. The van der Waals surface area contributed by atoms with Crippen molar-refractivity contribution in [2.75, 3.05) is 0 Å². The summed E-state index contributed by atoms with van der Waals surface area (Å²) in [4.78, 5) is 0. The van der Waals surface area contributed by atoms with Crippen LogP contribution in [0.3, 0.4) is 0 Å². The second kappa shape index (κ2) is 4.73. The molecule has 3 heteroatoms. The van der Waals surface area contributed by atoms with Crippen molar-refractivity contribution in [3.63, 3.8) is 0 Å². The molecule has 1 aromatic carbocycles. The fraction of sp³-hybridized carbons (Fsp3) is 0.333. The molecule has 0 amide bonds. The van der Waals surface area contributed by atoms with Crippen LogP contribution in [0.5, 0.6) is 0 Å². The Kier molecular flexibility index (Phi) is 3.44. The van der Waals surface area contributed by atoms with Gasteiger partial charge in [0.25, 0.3) is 0 Å². The molecule has 1 aliphatic rings. The summed E-state index contributed by atoms with van der Waals surface area (Å²) >= 11 is 0. The fourth-order valence-electron chi connectivity index (χ4n) is 2.16. The number of rotatable bonds is 3. The first-order valence-electron chi connectivity index (χ1n) is 6.08. The monoisotopic (exact) mass is 262 g/mol. The van der Waals surface area contributed by atoms with Gasteiger partial charge in [-0.3, -0.25) is 0 Å². The first-order chi connectivity index (χ1) is 8.46. The fourth-order valence-corrected chi connectivity index (χ4v) is 4.03. The summed E-state index contributed by atoms with van der Waals surface area (Å²) in [5, 5.41) is 0. The zero-order valence-corrected chi connectivity index (χ0v) is 11.5. The summed E-state index contributed by atoms with van der Waals surface area (Å²) in [5.74, 6) is 0.0866. The lowest BCUT2D eigenvalue weighted by Gasteiger charge is -2.32. The quantitative estimate of drug-likeness (QED) is 0.838. The van der Waals surface area contributed by atoms with Gasteiger partial charge < -0.3 is 0 Å². The predicted octanol–water partition coefficient (Wildman–Crippen LogP) is 3.12. The van der Waals surface area contributed by atoms with Gasteiger partial charge in [0.1, 0.15) is 0 Å². The minimum atomic E-state index is -3.22. The van der Waals surface area contributed by atoms with Gasteiger partial charge in [-0.05, 0) is 18.4 Å². The molecule has 2 nitrogen and oxygen atoms in total. The van der Waals surface area contributed by atoms with Crippen molar-refractivity contribution in [2.24, 2.45) is 5.92 Å². The summed E-state index contributed by atoms with van der Waals surface area (Å²) in [5.41, 5.74) is 0.842. The average molecular weight is 262 g/mol. The Bertz CT molecular complexity index is 570. The molecule has 0 radical (unpaired) electrons. The van der Waals surface area contributed by atoms with E-state index in [0.29, 0.717) is 0 Å². The minimum Gasteiger partial charge on any atom is -0.228 e. The van der Waals surface area contributed by atoms with E-state index in [4.69, 9.17) is 0 Å². The van der Waals surface area contributed by atoms with E-state index < -0.39 is 14.6 Å². The van der Waals surface area contributed by atoms with Crippen LogP contribution in [0.4, 0.5) is 0 Å². The zero-order valence-electron chi connectivity index (χ0n) is 10.7. The Morgan fingerprint density at radius 2 is 1.83 bits per heavy atom. The first-order valence-corrected chi connectivity index (χ1v) is 7.73.